The Morgan fingerprint density at radius 2 is 1.71 bits per heavy atom. The Kier molecular flexibility index (Phi) is 5.58. The zero-order valence-corrected chi connectivity index (χ0v) is 14.3. The molecule has 0 aliphatic carbocycles. The van der Waals surface area contributed by atoms with Gasteiger partial charge in [0.2, 0.25) is 5.91 Å². The lowest BCUT2D eigenvalue weighted by Gasteiger charge is -2.11. The smallest absolute Gasteiger partial charge is 0.261 e. The van der Waals surface area contributed by atoms with Gasteiger partial charge in [0.25, 0.3) is 10.0 Å². The van der Waals surface area contributed by atoms with Gasteiger partial charge in [-0.1, -0.05) is 32.0 Å². The lowest BCUT2D eigenvalue weighted by molar-refractivity contribution is -0.118. The van der Waals surface area contributed by atoms with Crippen molar-refractivity contribution >= 4 is 27.3 Å². The van der Waals surface area contributed by atoms with E-state index in [1.807, 2.05) is 13.8 Å². The predicted molar refractivity (Wildman–Crippen MR) is 93.5 cm³/mol. The summed E-state index contributed by atoms with van der Waals surface area (Å²) >= 11 is 0. The van der Waals surface area contributed by atoms with Crippen LogP contribution in [0.2, 0.25) is 0 Å². The highest BCUT2D eigenvalue weighted by Crippen LogP contribution is 2.21. The Hall–Kier alpha value is -2.38. The van der Waals surface area contributed by atoms with E-state index in [-0.39, 0.29) is 4.90 Å². The fourth-order valence-electron chi connectivity index (χ4n) is 2.11. The second-order valence-electron chi connectivity index (χ2n) is 5.62. The molecule has 7 heteroatoms. The Bertz CT molecular complexity index is 815. The predicted octanol–water partition coefficient (Wildman–Crippen LogP) is 2.54. The van der Waals surface area contributed by atoms with Crippen LogP contribution in [0.1, 0.15) is 25.3 Å². The van der Waals surface area contributed by atoms with E-state index in [1.165, 1.54) is 6.07 Å². The molecule has 2 aromatic rings. The van der Waals surface area contributed by atoms with E-state index < -0.39 is 22.5 Å². The number of rotatable bonds is 6. The summed E-state index contributed by atoms with van der Waals surface area (Å²) < 4.78 is 27.3. The summed E-state index contributed by atoms with van der Waals surface area (Å²) in [7, 11) is -3.72. The Morgan fingerprint density at radius 1 is 1.08 bits per heavy atom. The monoisotopic (exact) mass is 348 g/mol. The molecule has 3 N–H and O–H groups in total. The average molecular weight is 348 g/mol. The molecule has 128 valence electrons. The molecule has 6 nitrogen and oxygen atoms in total. The summed E-state index contributed by atoms with van der Waals surface area (Å²) in [4.78, 5) is 11.3. The minimum Gasteiger partial charge on any atom is -0.387 e. The standard InChI is InChI=1S/C17H20N2O4S/c1-12(2)13-6-8-16(9-7-13)24(22,23)19-15-5-3-4-14(10-15)18-17(21)11-20/h3-10,12,19-20H,11H2,1-2H3,(H,18,21). The van der Waals surface area contributed by atoms with E-state index in [4.69, 9.17) is 5.11 Å². The van der Waals surface area contributed by atoms with Crippen LogP contribution in [0.3, 0.4) is 0 Å². The van der Waals surface area contributed by atoms with E-state index in [1.54, 1.807) is 42.5 Å². The number of anilines is 2. The molecule has 0 aromatic heterocycles. The second-order valence-corrected chi connectivity index (χ2v) is 7.30. The summed E-state index contributed by atoms with van der Waals surface area (Å²) in [5.41, 5.74) is 1.77. The third-order valence-corrected chi connectivity index (χ3v) is 4.80. The summed E-state index contributed by atoms with van der Waals surface area (Å²) in [5, 5.41) is 11.2. The molecule has 0 aliphatic rings. The highest BCUT2D eigenvalue weighted by atomic mass is 32.2. The van der Waals surface area contributed by atoms with Crippen LogP contribution in [-0.4, -0.2) is 26.0 Å². The molecular formula is C17H20N2O4S. The van der Waals surface area contributed by atoms with Crippen molar-refractivity contribution in [1.82, 2.24) is 0 Å². The van der Waals surface area contributed by atoms with Gasteiger partial charge in [0.1, 0.15) is 6.61 Å². The Labute approximate surface area is 141 Å². The molecule has 0 spiro atoms. The minimum absolute atomic E-state index is 0.164. The van der Waals surface area contributed by atoms with Gasteiger partial charge in [0, 0.05) is 5.69 Å². The number of hydrogen-bond donors (Lipinski definition) is 3. The van der Waals surface area contributed by atoms with Crippen LogP contribution in [0.4, 0.5) is 11.4 Å². The van der Waals surface area contributed by atoms with Crippen LogP contribution in [0.15, 0.2) is 53.4 Å². The molecule has 24 heavy (non-hydrogen) atoms. The molecule has 0 bridgehead atoms. The van der Waals surface area contributed by atoms with Crippen molar-refractivity contribution in [2.45, 2.75) is 24.7 Å². The van der Waals surface area contributed by atoms with Crippen molar-refractivity contribution in [1.29, 1.82) is 0 Å². The van der Waals surface area contributed by atoms with Gasteiger partial charge in [-0.2, -0.15) is 0 Å². The normalized spacial score (nSPS) is 11.3. The first-order chi connectivity index (χ1) is 11.3. The molecule has 0 fully saturated rings. The fraction of sp³-hybridized carbons (Fsp3) is 0.235. The SMILES string of the molecule is CC(C)c1ccc(S(=O)(=O)Nc2cccc(NC(=O)CO)c2)cc1. The number of carbonyl (C=O) groups excluding carboxylic acids is 1. The van der Waals surface area contributed by atoms with Crippen LogP contribution in [0.25, 0.3) is 0 Å². The lowest BCUT2D eigenvalue weighted by Crippen LogP contribution is -2.16. The zero-order chi connectivity index (χ0) is 17.7. The van der Waals surface area contributed by atoms with Crippen molar-refractivity contribution in [2.24, 2.45) is 0 Å². The fourth-order valence-corrected chi connectivity index (χ4v) is 3.16. The summed E-state index contributed by atoms with van der Waals surface area (Å²) in [6, 6.07) is 13.0. The Morgan fingerprint density at radius 3 is 2.29 bits per heavy atom. The maximum atomic E-state index is 12.4. The minimum atomic E-state index is -3.72. The number of nitrogens with one attached hydrogen (secondary N) is 2. The number of hydrogen-bond acceptors (Lipinski definition) is 4. The number of carbonyl (C=O) groups is 1. The average Bonchev–Trinajstić information content (AvgIpc) is 2.54. The third kappa shape index (κ3) is 4.56. The van der Waals surface area contributed by atoms with Gasteiger partial charge in [0.15, 0.2) is 0 Å². The van der Waals surface area contributed by atoms with E-state index in [2.05, 4.69) is 10.0 Å². The molecule has 0 saturated heterocycles. The highest BCUT2D eigenvalue weighted by molar-refractivity contribution is 7.92. The molecule has 2 aromatic carbocycles. The molecule has 1 amide bonds. The first-order valence-corrected chi connectivity index (χ1v) is 8.93. The molecule has 0 unspecified atom stereocenters. The molecular weight excluding hydrogens is 328 g/mol. The number of aliphatic hydroxyl groups excluding tert-OH is 1. The summed E-state index contributed by atoms with van der Waals surface area (Å²) in [6.45, 7) is 3.43. The van der Waals surface area contributed by atoms with Crippen molar-refractivity contribution < 1.29 is 18.3 Å². The van der Waals surface area contributed by atoms with Crippen LogP contribution in [0, 0.1) is 0 Å². The molecule has 2 rings (SSSR count). The molecule has 0 radical (unpaired) electrons. The van der Waals surface area contributed by atoms with E-state index in [0.717, 1.165) is 5.56 Å². The van der Waals surface area contributed by atoms with Crippen molar-refractivity contribution in [2.75, 3.05) is 16.6 Å². The van der Waals surface area contributed by atoms with Crippen LogP contribution >= 0.6 is 0 Å². The van der Waals surface area contributed by atoms with Gasteiger partial charge >= 0.3 is 0 Å². The first kappa shape index (κ1) is 18.0. The largest absolute Gasteiger partial charge is 0.387 e. The van der Waals surface area contributed by atoms with Crippen LogP contribution < -0.4 is 10.0 Å². The number of amides is 1. The number of sulfonamides is 1. The van der Waals surface area contributed by atoms with Gasteiger partial charge in [-0.15, -0.1) is 0 Å². The first-order valence-electron chi connectivity index (χ1n) is 7.45. The maximum absolute atomic E-state index is 12.4. The van der Waals surface area contributed by atoms with Gasteiger partial charge in [-0.05, 0) is 41.8 Å². The van der Waals surface area contributed by atoms with Gasteiger partial charge in [-0.25, -0.2) is 8.42 Å². The molecule has 0 atom stereocenters. The molecule has 0 saturated carbocycles. The lowest BCUT2D eigenvalue weighted by atomic mass is 10.0. The number of benzene rings is 2. The van der Waals surface area contributed by atoms with Crippen molar-refractivity contribution in [3.8, 4) is 0 Å². The number of aliphatic hydroxyl groups is 1. The third-order valence-electron chi connectivity index (χ3n) is 3.40. The summed E-state index contributed by atoms with van der Waals surface area (Å²) in [5.74, 6) is -0.249. The second kappa shape index (κ2) is 7.46. The maximum Gasteiger partial charge on any atom is 0.261 e. The van der Waals surface area contributed by atoms with Gasteiger partial charge in [-0.3, -0.25) is 9.52 Å². The highest BCUT2D eigenvalue weighted by Gasteiger charge is 2.15. The van der Waals surface area contributed by atoms with Crippen LogP contribution in [0.5, 0.6) is 0 Å². The topological polar surface area (TPSA) is 95.5 Å². The van der Waals surface area contributed by atoms with Crippen LogP contribution in [-0.2, 0) is 14.8 Å². The zero-order valence-electron chi connectivity index (χ0n) is 13.5. The van der Waals surface area contributed by atoms with Crippen molar-refractivity contribution in [3.05, 3.63) is 54.1 Å². The van der Waals surface area contributed by atoms with Gasteiger partial charge in [0.05, 0.1) is 10.6 Å². The molecule has 0 aliphatic heterocycles. The van der Waals surface area contributed by atoms with Gasteiger partial charge < -0.3 is 10.4 Å². The van der Waals surface area contributed by atoms with E-state index in [9.17, 15) is 13.2 Å². The van der Waals surface area contributed by atoms with E-state index in [0.29, 0.717) is 17.3 Å². The Balaban J connectivity index is 2.19. The summed E-state index contributed by atoms with van der Waals surface area (Å²) in [6.07, 6.45) is 0. The van der Waals surface area contributed by atoms with E-state index >= 15 is 0 Å². The quantitative estimate of drug-likeness (QED) is 0.747. The van der Waals surface area contributed by atoms with Crippen molar-refractivity contribution in [3.63, 3.8) is 0 Å². The molecule has 0 heterocycles.